The standard InChI is InChI=1S/C14H21N3/c1-2-6-16-13(3-1)14(11-12-4-5-12)17-9-7-15-8-10-17/h1-3,6,12,14-15H,4-5,7-11H2/t14-/m0/s1. The highest BCUT2D eigenvalue weighted by molar-refractivity contribution is 5.10. The molecule has 1 aromatic rings. The monoisotopic (exact) mass is 231 g/mol. The Hall–Kier alpha value is -0.930. The van der Waals surface area contributed by atoms with Crippen LogP contribution in [0.4, 0.5) is 0 Å². The smallest absolute Gasteiger partial charge is 0.0575 e. The van der Waals surface area contributed by atoms with E-state index in [4.69, 9.17) is 0 Å². The van der Waals surface area contributed by atoms with Crippen molar-refractivity contribution >= 4 is 0 Å². The molecule has 0 spiro atoms. The van der Waals surface area contributed by atoms with Gasteiger partial charge >= 0.3 is 0 Å². The molecule has 1 aromatic heterocycles. The van der Waals surface area contributed by atoms with Crippen LogP contribution in [0.15, 0.2) is 24.4 Å². The highest BCUT2D eigenvalue weighted by Crippen LogP contribution is 2.39. The summed E-state index contributed by atoms with van der Waals surface area (Å²) in [5.74, 6) is 0.955. The molecule has 3 rings (SSSR count). The summed E-state index contributed by atoms with van der Waals surface area (Å²) < 4.78 is 0. The van der Waals surface area contributed by atoms with Gasteiger partial charge in [-0.2, -0.15) is 0 Å². The molecule has 3 heteroatoms. The number of piperazine rings is 1. The molecule has 92 valence electrons. The van der Waals surface area contributed by atoms with Crippen LogP contribution in [-0.2, 0) is 0 Å². The molecule has 1 aliphatic heterocycles. The van der Waals surface area contributed by atoms with Gasteiger partial charge in [0.15, 0.2) is 0 Å². The van der Waals surface area contributed by atoms with E-state index >= 15 is 0 Å². The predicted molar refractivity (Wildman–Crippen MR) is 68.8 cm³/mol. The minimum Gasteiger partial charge on any atom is -0.314 e. The van der Waals surface area contributed by atoms with Crippen molar-refractivity contribution < 1.29 is 0 Å². The summed E-state index contributed by atoms with van der Waals surface area (Å²) in [6, 6.07) is 6.86. The SMILES string of the molecule is c1ccc([C@H](CC2CC2)N2CCNCC2)nc1. The zero-order chi connectivity index (χ0) is 11.5. The van der Waals surface area contributed by atoms with Crippen LogP contribution in [0.25, 0.3) is 0 Å². The number of hydrogen-bond acceptors (Lipinski definition) is 3. The highest BCUT2D eigenvalue weighted by atomic mass is 15.2. The van der Waals surface area contributed by atoms with Crippen molar-refractivity contribution in [1.29, 1.82) is 0 Å². The third-order valence-electron chi connectivity index (χ3n) is 3.88. The summed E-state index contributed by atoms with van der Waals surface area (Å²) >= 11 is 0. The molecule has 0 unspecified atom stereocenters. The van der Waals surface area contributed by atoms with Crippen molar-refractivity contribution in [3.63, 3.8) is 0 Å². The van der Waals surface area contributed by atoms with Gasteiger partial charge in [-0.25, -0.2) is 0 Å². The summed E-state index contributed by atoms with van der Waals surface area (Å²) in [6.07, 6.45) is 6.08. The zero-order valence-corrected chi connectivity index (χ0v) is 10.3. The Morgan fingerprint density at radius 3 is 2.76 bits per heavy atom. The van der Waals surface area contributed by atoms with E-state index in [2.05, 4.69) is 27.3 Å². The molecule has 1 aliphatic carbocycles. The zero-order valence-electron chi connectivity index (χ0n) is 10.3. The van der Waals surface area contributed by atoms with Crippen LogP contribution < -0.4 is 5.32 Å². The maximum atomic E-state index is 4.57. The van der Waals surface area contributed by atoms with Crippen LogP contribution in [-0.4, -0.2) is 36.1 Å². The predicted octanol–water partition coefficient (Wildman–Crippen LogP) is 1.83. The Labute approximate surface area is 103 Å². The Kier molecular flexibility index (Phi) is 3.39. The molecule has 1 saturated heterocycles. The van der Waals surface area contributed by atoms with Crippen LogP contribution in [0, 0.1) is 5.92 Å². The van der Waals surface area contributed by atoms with E-state index in [0.717, 1.165) is 32.1 Å². The molecule has 17 heavy (non-hydrogen) atoms. The topological polar surface area (TPSA) is 28.2 Å². The first-order valence-corrected chi connectivity index (χ1v) is 6.79. The molecule has 0 bridgehead atoms. The van der Waals surface area contributed by atoms with Gasteiger partial charge in [-0.05, 0) is 24.5 Å². The van der Waals surface area contributed by atoms with Crippen molar-refractivity contribution in [3.05, 3.63) is 30.1 Å². The van der Waals surface area contributed by atoms with Gasteiger partial charge in [0.1, 0.15) is 0 Å². The number of hydrogen-bond donors (Lipinski definition) is 1. The second-order valence-corrected chi connectivity index (χ2v) is 5.24. The van der Waals surface area contributed by atoms with E-state index in [1.54, 1.807) is 0 Å². The molecule has 0 radical (unpaired) electrons. The molecule has 3 nitrogen and oxygen atoms in total. The molecule has 1 N–H and O–H groups in total. The number of pyridine rings is 1. The first-order valence-electron chi connectivity index (χ1n) is 6.79. The van der Waals surface area contributed by atoms with Gasteiger partial charge in [-0.3, -0.25) is 9.88 Å². The lowest BCUT2D eigenvalue weighted by Gasteiger charge is -2.34. The van der Waals surface area contributed by atoms with Gasteiger partial charge in [-0.1, -0.05) is 18.9 Å². The second-order valence-electron chi connectivity index (χ2n) is 5.24. The number of nitrogens with zero attached hydrogens (tertiary/aromatic N) is 2. The van der Waals surface area contributed by atoms with E-state index in [9.17, 15) is 0 Å². The largest absolute Gasteiger partial charge is 0.314 e. The summed E-state index contributed by atoms with van der Waals surface area (Å²) in [7, 11) is 0. The maximum absolute atomic E-state index is 4.57. The fraction of sp³-hybridized carbons (Fsp3) is 0.643. The van der Waals surface area contributed by atoms with Gasteiger partial charge in [-0.15, -0.1) is 0 Å². The quantitative estimate of drug-likeness (QED) is 0.857. The molecular weight excluding hydrogens is 210 g/mol. The average Bonchev–Trinajstić information content (AvgIpc) is 3.22. The van der Waals surface area contributed by atoms with Crippen molar-refractivity contribution in [3.8, 4) is 0 Å². The third kappa shape index (κ3) is 2.85. The Morgan fingerprint density at radius 2 is 2.12 bits per heavy atom. The summed E-state index contributed by atoms with van der Waals surface area (Å²) in [6.45, 7) is 4.56. The summed E-state index contributed by atoms with van der Waals surface area (Å²) in [5.41, 5.74) is 1.27. The number of nitrogens with one attached hydrogen (secondary N) is 1. The first kappa shape index (κ1) is 11.2. The van der Waals surface area contributed by atoms with Crippen LogP contribution in [0.1, 0.15) is 31.0 Å². The van der Waals surface area contributed by atoms with E-state index in [1.807, 2.05) is 12.3 Å². The molecule has 1 atom stereocenters. The van der Waals surface area contributed by atoms with E-state index in [-0.39, 0.29) is 0 Å². The molecular formula is C14H21N3. The summed E-state index contributed by atoms with van der Waals surface area (Å²) in [4.78, 5) is 7.18. The number of aromatic nitrogens is 1. The highest BCUT2D eigenvalue weighted by Gasteiger charge is 2.30. The van der Waals surface area contributed by atoms with Crippen LogP contribution in [0.3, 0.4) is 0 Å². The Bertz CT molecular complexity index is 342. The molecule has 0 amide bonds. The summed E-state index contributed by atoms with van der Waals surface area (Å²) in [5, 5.41) is 3.43. The van der Waals surface area contributed by atoms with Gasteiger partial charge < -0.3 is 5.32 Å². The van der Waals surface area contributed by atoms with Gasteiger partial charge in [0.05, 0.1) is 11.7 Å². The van der Waals surface area contributed by atoms with E-state index in [0.29, 0.717) is 6.04 Å². The lowest BCUT2D eigenvalue weighted by atomic mass is 10.0. The first-order chi connectivity index (χ1) is 8.43. The second kappa shape index (κ2) is 5.15. The maximum Gasteiger partial charge on any atom is 0.0575 e. The number of rotatable bonds is 4. The Balaban J connectivity index is 1.75. The van der Waals surface area contributed by atoms with E-state index < -0.39 is 0 Å². The van der Waals surface area contributed by atoms with Crippen LogP contribution in [0.5, 0.6) is 0 Å². The molecule has 2 fully saturated rings. The van der Waals surface area contributed by atoms with E-state index in [1.165, 1.54) is 25.0 Å². The van der Waals surface area contributed by atoms with Crippen molar-refractivity contribution in [1.82, 2.24) is 15.2 Å². The van der Waals surface area contributed by atoms with Crippen molar-refractivity contribution in [2.45, 2.75) is 25.3 Å². The van der Waals surface area contributed by atoms with Crippen molar-refractivity contribution in [2.75, 3.05) is 26.2 Å². The lowest BCUT2D eigenvalue weighted by molar-refractivity contribution is 0.157. The molecule has 2 aliphatic rings. The van der Waals surface area contributed by atoms with Crippen LogP contribution in [0.2, 0.25) is 0 Å². The van der Waals surface area contributed by atoms with Gasteiger partial charge in [0.25, 0.3) is 0 Å². The minimum atomic E-state index is 0.547. The third-order valence-corrected chi connectivity index (χ3v) is 3.88. The normalized spacial score (nSPS) is 23.5. The van der Waals surface area contributed by atoms with Crippen molar-refractivity contribution in [2.24, 2.45) is 5.92 Å². The van der Waals surface area contributed by atoms with Crippen LogP contribution >= 0.6 is 0 Å². The molecule has 0 aromatic carbocycles. The Morgan fingerprint density at radius 1 is 1.29 bits per heavy atom. The fourth-order valence-corrected chi connectivity index (χ4v) is 2.69. The fourth-order valence-electron chi connectivity index (χ4n) is 2.69. The molecule has 2 heterocycles. The van der Waals surface area contributed by atoms with Gasteiger partial charge in [0, 0.05) is 32.4 Å². The van der Waals surface area contributed by atoms with Gasteiger partial charge in [0.2, 0.25) is 0 Å². The molecule has 1 saturated carbocycles. The minimum absolute atomic E-state index is 0.547. The average molecular weight is 231 g/mol. The lowest BCUT2D eigenvalue weighted by Crippen LogP contribution is -2.45.